The molecule has 0 saturated heterocycles. The maximum Gasteiger partial charge on any atom is 0.452 e. The highest BCUT2D eigenvalue weighted by Crippen LogP contribution is 2.33. The average molecular weight is 438 g/mol. The number of aromatic nitrogens is 1. The van der Waals surface area contributed by atoms with Crippen molar-refractivity contribution < 1.29 is 26.1 Å². The molecule has 0 amide bonds. The second-order valence-electron chi connectivity index (χ2n) is 6.91. The van der Waals surface area contributed by atoms with Gasteiger partial charge in [-0.2, -0.15) is 13.2 Å². The van der Waals surface area contributed by atoms with Crippen molar-refractivity contribution in [3.8, 4) is 11.3 Å². The summed E-state index contributed by atoms with van der Waals surface area (Å²) in [6, 6.07) is 14.7. The van der Waals surface area contributed by atoms with E-state index in [4.69, 9.17) is 0 Å². The van der Waals surface area contributed by atoms with E-state index in [2.05, 4.69) is 14.4 Å². The number of halogens is 3. The summed E-state index contributed by atoms with van der Waals surface area (Å²) < 4.78 is 71.2. The van der Waals surface area contributed by atoms with Crippen LogP contribution >= 0.6 is 0 Å². The topological polar surface area (TPSA) is 72.2 Å². The number of nitrogens with one attached hydrogen (secondary N) is 1. The third kappa shape index (κ3) is 4.91. The molecule has 0 aliphatic rings. The van der Waals surface area contributed by atoms with E-state index in [0.717, 1.165) is 11.6 Å². The predicted molar refractivity (Wildman–Crippen MR) is 106 cm³/mol. The van der Waals surface area contributed by atoms with Crippen LogP contribution in [-0.4, -0.2) is 20.1 Å². The molecule has 30 heavy (non-hydrogen) atoms. The maximum atomic E-state index is 13.0. The minimum absolute atomic E-state index is 0.0133. The number of rotatable bonds is 7. The monoisotopic (exact) mass is 438 g/mol. The Morgan fingerprint density at radius 2 is 1.80 bits per heavy atom. The number of hydrogen-bond donors (Lipinski definition) is 1. The van der Waals surface area contributed by atoms with E-state index in [9.17, 15) is 21.6 Å². The molecule has 1 heterocycles. The molecular weight excluding hydrogens is 417 g/mol. The first-order valence-corrected chi connectivity index (χ1v) is 10.8. The van der Waals surface area contributed by atoms with Gasteiger partial charge in [0.05, 0.1) is 4.90 Å². The van der Waals surface area contributed by atoms with E-state index in [0.29, 0.717) is 12.0 Å². The Hall–Kier alpha value is -2.65. The molecule has 0 fully saturated rings. The van der Waals surface area contributed by atoms with Crippen LogP contribution in [0.3, 0.4) is 0 Å². The number of sulfonamides is 1. The van der Waals surface area contributed by atoms with Crippen LogP contribution in [0.25, 0.3) is 11.3 Å². The highest BCUT2D eigenvalue weighted by atomic mass is 32.2. The Labute approximate surface area is 173 Å². The van der Waals surface area contributed by atoms with Gasteiger partial charge in [-0.3, -0.25) is 0 Å². The van der Waals surface area contributed by atoms with Crippen LogP contribution in [0, 0.1) is 0 Å². The lowest BCUT2D eigenvalue weighted by Crippen LogP contribution is -2.28. The number of nitrogens with zero attached hydrogens (tertiary/aromatic N) is 1. The summed E-state index contributed by atoms with van der Waals surface area (Å²) in [5, 5.41) is 3.44. The van der Waals surface area contributed by atoms with Crippen molar-refractivity contribution in [1.29, 1.82) is 0 Å². The molecule has 1 atom stereocenters. The van der Waals surface area contributed by atoms with Gasteiger partial charge in [0.1, 0.15) is 5.69 Å². The van der Waals surface area contributed by atoms with Crippen LogP contribution in [-0.2, 0) is 22.6 Å². The van der Waals surface area contributed by atoms with Crippen molar-refractivity contribution in [2.45, 2.75) is 37.3 Å². The van der Waals surface area contributed by atoms with Crippen molar-refractivity contribution in [1.82, 2.24) is 9.88 Å². The minimum Gasteiger partial charge on any atom is -0.351 e. The molecule has 160 valence electrons. The lowest BCUT2D eigenvalue weighted by Gasteiger charge is -2.15. The lowest BCUT2D eigenvalue weighted by atomic mass is 10.0. The van der Waals surface area contributed by atoms with Gasteiger partial charge in [0, 0.05) is 18.2 Å². The number of hydrogen-bond acceptors (Lipinski definition) is 4. The Morgan fingerprint density at radius 3 is 2.40 bits per heavy atom. The van der Waals surface area contributed by atoms with Gasteiger partial charge in [0.2, 0.25) is 15.8 Å². The molecule has 2 aromatic carbocycles. The van der Waals surface area contributed by atoms with E-state index in [1.165, 1.54) is 12.1 Å². The standard InChI is InChI=1S/C21H21F3N2O3S/c1-3-15-9-10-17(18-12-20(29-26-18)21(22,23)24)11-19(15)30(27,28)25-13-14(2)16-7-5-4-6-8-16/h4-12,14,25H,3,13H2,1-2H3. The van der Waals surface area contributed by atoms with Crippen molar-refractivity contribution in [2.24, 2.45) is 0 Å². The normalized spacial score (nSPS) is 13.4. The summed E-state index contributed by atoms with van der Waals surface area (Å²) >= 11 is 0. The van der Waals surface area contributed by atoms with Gasteiger partial charge < -0.3 is 4.52 Å². The molecule has 3 rings (SSSR count). The fraction of sp³-hybridized carbons (Fsp3) is 0.286. The Bertz CT molecular complexity index is 1110. The zero-order valence-electron chi connectivity index (χ0n) is 16.4. The lowest BCUT2D eigenvalue weighted by molar-refractivity contribution is -0.155. The van der Waals surface area contributed by atoms with E-state index >= 15 is 0 Å². The van der Waals surface area contributed by atoms with E-state index in [-0.39, 0.29) is 28.6 Å². The quantitative estimate of drug-likeness (QED) is 0.563. The number of alkyl halides is 3. The summed E-state index contributed by atoms with van der Waals surface area (Å²) in [6.07, 6.45) is -4.23. The third-order valence-corrected chi connectivity index (χ3v) is 6.28. The Kier molecular flexibility index (Phi) is 6.33. The van der Waals surface area contributed by atoms with Crippen molar-refractivity contribution in [2.75, 3.05) is 6.54 Å². The van der Waals surface area contributed by atoms with E-state index in [1.807, 2.05) is 37.3 Å². The second kappa shape index (κ2) is 8.61. The molecule has 1 aromatic heterocycles. The van der Waals surface area contributed by atoms with Crippen molar-refractivity contribution in [3.63, 3.8) is 0 Å². The highest BCUT2D eigenvalue weighted by Gasteiger charge is 2.36. The Balaban J connectivity index is 1.88. The van der Waals surface area contributed by atoms with Gasteiger partial charge >= 0.3 is 6.18 Å². The molecule has 0 saturated carbocycles. The molecule has 0 aliphatic carbocycles. The first-order valence-electron chi connectivity index (χ1n) is 9.33. The summed E-state index contributed by atoms with van der Waals surface area (Å²) in [5.41, 5.74) is 1.69. The van der Waals surface area contributed by atoms with Gasteiger partial charge in [0.15, 0.2) is 0 Å². The summed E-state index contributed by atoms with van der Waals surface area (Å²) in [5.74, 6) is -1.30. The zero-order valence-corrected chi connectivity index (χ0v) is 17.2. The Morgan fingerprint density at radius 1 is 1.10 bits per heavy atom. The van der Waals surface area contributed by atoms with Crippen LogP contribution in [0.1, 0.15) is 36.7 Å². The van der Waals surface area contributed by atoms with Gasteiger partial charge in [-0.1, -0.05) is 61.5 Å². The first kappa shape index (κ1) is 22.0. The molecule has 5 nitrogen and oxygen atoms in total. The van der Waals surface area contributed by atoms with Crippen LogP contribution in [0.4, 0.5) is 13.2 Å². The minimum atomic E-state index is -4.67. The number of aryl methyl sites for hydroxylation is 1. The van der Waals surface area contributed by atoms with Gasteiger partial charge in [-0.25, -0.2) is 13.1 Å². The molecular formula is C21H21F3N2O3S. The smallest absolute Gasteiger partial charge is 0.351 e. The molecule has 1 N–H and O–H groups in total. The molecule has 3 aromatic rings. The van der Waals surface area contributed by atoms with Crippen LogP contribution in [0.15, 0.2) is 64.0 Å². The average Bonchev–Trinajstić information content (AvgIpc) is 3.23. The van der Waals surface area contributed by atoms with Gasteiger partial charge in [-0.05, 0) is 29.5 Å². The first-order chi connectivity index (χ1) is 14.1. The number of benzene rings is 2. The van der Waals surface area contributed by atoms with Crippen LogP contribution < -0.4 is 4.72 Å². The second-order valence-corrected chi connectivity index (χ2v) is 8.65. The molecule has 0 spiro atoms. The fourth-order valence-electron chi connectivity index (χ4n) is 3.01. The summed E-state index contributed by atoms with van der Waals surface area (Å²) in [4.78, 5) is 0.0133. The molecule has 9 heteroatoms. The van der Waals surface area contributed by atoms with Crippen molar-refractivity contribution >= 4 is 10.0 Å². The van der Waals surface area contributed by atoms with Crippen LogP contribution in [0.2, 0.25) is 0 Å². The maximum absolute atomic E-state index is 13.0. The molecule has 1 unspecified atom stereocenters. The van der Waals surface area contributed by atoms with Gasteiger partial charge in [0.25, 0.3) is 0 Å². The van der Waals surface area contributed by atoms with Crippen LogP contribution in [0.5, 0.6) is 0 Å². The molecule has 0 aliphatic heterocycles. The SMILES string of the molecule is CCc1ccc(-c2cc(C(F)(F)F)on2)cc1S(=O)(=O)NCC(C)c1ccccc1. The summed E-state index contributed by atoms with van der Waals surface area (Å²) in [6.45, 7) is 3.89. The van der Waals surface area contributed by atoms with Crippen molar-refractivity contribution in [3.05, 3.63) is 71.5 Å². The summed E-state index contributed by atoms with van der Waals surface area (Å²) in [7, 11) is -3.89. The third-order valence-electron chi connectivity index (χ3n) is 4.77. The van der Waals surface area contributed by atoms with Gasteiger partial charge in [-0.15, -0.1) is 0 Å². The fourth-order valence-corrected chi connectivity index (χ4v) is 4.48. The largest absolute Gasteiger partial charge is 0.452 e. The zero-order chi connectivity index (χ0) is 21.9. The van der Waals surface area contributed by atoms with E-state index in [1.54, 1.807) is 13.0 Å². The van der Waals surface area contributed by atoms with E-state index < -0.39 is 22.0 Å². The highest BCUT2D eigenvalue weighted by molar-refractivity contribution is 7.89. The molecule has 0 bridgehead atoms. The molecule has 0 radical (unpaired) electrons. The predicted octanol–water partition coefficient (Wildman–Crippen LogP) is 5.00.